The zero-order chi connectivity index (χ0) is 28.1. The van der Waals surface area contributed by atoms with Crippen molar-refractivity contribution in [3.05, 3.63) is 63.7 Å². The fourth-order valence-electron chi connectivity index (χ4n) is 4.22. The molecule has 0 radical (unpaired) electrons. The molecular weight excluding hydrogens is 490 g/mol. The number of para-hydroxylation sites is 1. The van der Waals surface area contributed by atoms with Gasteiger partial charge in [-0.05, 0) is 71.1 Å². The molecule has 3 amide bonds. The topological polar surface area (TPSA) is 87.7 Å². The maximum atomic E-state index is 13.8. The van der Waals surface area contributed by atoms with Crippen LogP contribution in [-0.4, -0.2) is 41.5 Å². The Hall–Kier alpha value is -3.06. The van der Waals surface area contributed by atoms with Crippen LogP contribution >= 0.6 is 11.6 Å². The highest BCUT2D eigenvalue weighted by molar-refractivity contribution is 6.34. The lowest BCUT2D eigenvalue weighted by molar-refractivity contribution is -0.139. The first-order valence-corrected chi connectivity index (χ1v) is 12.9. The second kappa shape index (κ2) is 12.5. The third kappa shape index (κ3) is 8.78. The van der Waals surface area contributed by atoms with Gasteiger partial charge in [-0.2, -0.15) is 0 Å². The summed E-state index contributed by atoms with van der Waals surface area (Å²) in [5.74, 6) is -0.691. The number of carbonyl (C=O) groups excluding carboxylic acids is 3. The first-order chi connectivity index (χ1) is 17.1. The Morgan fingerprint density at radius 3 is 2.14 bits per heavy atom. The number of likely N-dealkylation sites (N-methyl/N-ethyl adjacent to an activating group) is 1. The highest BCUT2D eigenvalue weighted by atomic mass is 35.5. The Kier molecular flexibility index (Phi) is 10.2. The smallest absolute Gasteiger partial charge is 0.408 e. The molecule has 2 rings (SSSR count). The number of nitrogens with zero attached hydrogens (tertiary/aromatic N) is 1. The fraction of sp³-hybridized carbons (Fsp3) is 0.483. The van der Waals surface area contributed by atoms with Crippen LogP contribution in [0.4, 0.5) is 10.5 Å². The second-order valence-electron chi connectivity index (χ2n) is 11.0. The van der Waals surface area contributed by atoms with Gasteiger partial charge in [-0.3, -0.25) is 9.59 Å². The fourth-order valence-corrected chi connectivity index (χ4v) is 4.49. The first kappa shape index (κ1) is 30.2. The molecule has 0 saturated carbocycles. The molecule has 0 bridgehead atoms. The molecule has 8 heteroatoms. The van der Waals surface area contributed by atoms with Gasteiger partial charge in [0.05, 0.1) is 10.7 Å². The molecule has 0 heterocycles. The summed E-state index contributed by atoms with van der Waals surface area (Å²) in [7, 11) is 1.58. The lowest BCUT2D eigenvalue weighted by atomic mass is 9.97. The molecule has 0 aliphatic carbocycles. The number of alkyl carbamates (subject to hydrolysis) is 1. The minimum absolute atomic E-state index is 0.108. The van der Waals surface area contributed by atoms with Crippen molar-refractivity contribution in [3.63, 3.8) is 0 Å². The van der Waals surface area contributed by atoms with Gasteiger partial charge in [-0.1, -0.05) is 66.9 Å². The van der Waals surface area contributed by atoms with Gasteiger partial charge in [-0.25, -0.2) is 4.79 Å². The zero-order valence-electron chi connectivity index (χ0n) is 23.4. The zero-order valence-corrected chi connectivity index (χ0v) is 24.1. The Morgan fingerprint density at radius 1 is 1.03 bits per heavy atom. The van der Waals surface area contributed by atoms with E-state index >= 15 is 0 Å². The second-order valence-corrected chi connectivity index (χ2v) is 11.4. The van der Waals surface area contributed by atoms with Gasteiger partial charge < -0.3 is 20.3 Å². The van der Waals surface area contributed by atoms with Crippen LogP contribution in [0.15, 0.2) is 36.4 Å². The molecule has 37 heavy (non-hydrogen) atoms. The normalized spacial score (nSPS) is 13.1. The molecule has 7 nitrogen and oxygen atoms in total. The summed E-state index contributed by atoms with van der Waals surface area (Å²) in [5, 5.41) is 6.05. The summed E-state index contributed by atoms with van der Waals surface area (Å²) in [5.41, 5.74) is 3.18. The van der Waals surface area contributed by atoms with Crippen molar-refractivity contribution in [1.82, 2.24) is 10.2 Å². The molecule has 0 aromatic heterocycles. The number of rotatable bonds is 8. The average molecular weight is 530 g/mol. The number of nitrogens with one attached hydrogen (secondary N) is 2. The molecule has 2 aromatic carbocycles. The van der Waals surface area contributed by atoms with Gasteiger partial charge >= 0.3 is 6.09 Å². The monoisotopic (exact) mass is 529 g/mol. The summed E-state index contributed by atoms with van der Waals surface area (Å²) in [4.78, 5) is 41.5. The molecule has 202 valence electrons. The van der Waals surface area contributed by atoms with Gasteiger partial charge in [0.25, 0.3) is 5.91 Å². The van der Waals surface area contributed by atoms with Crippen molar-refractivity contribution >= 4 is 35.2 Å². The van der Waals surface area contributed by atoms with Crippen LogP contribution in [0.3, 0.4) is 0 Å². The summed E-state index contributed by atoms with van der Waals surface area (Å²) in [6, 6.07) is 9.31. The molecule has 0 fully saturated rings. The first-order valence-electron chi connectivity index (χ1n) is 12.5. The third-order valence-corrected chi connectivity index (χ3v) is 6.02. The Morgan fingerprint density at radius 2 is 1.62 bits per heavy atom. The Labute approximate surface area is 225 Å². The number of amides is 3. The lowest BCUT2D eigenvalue weighted by Gasteiger charge is -2.32. The van der Waals surface area contributed by atoms with Crippen molar-refractivity contribution in [2.75, 3.05) is 12.4 Å². The van der Waals surface area contributed by atoms with Crippen LogP contribution in [0.5, 0.6) is 0 Å². The molecular formula is C29H40ClN3O4. The molecule has 0 saturated heterocycles. The third-order valence-electron chi connectivity index (χ3n) is 5.71. The van der Waals surface area contributed by atoms with E-state index in [1.54, 1.807) is 33.9 Å². The quantitative estimate of drug-likeness (QED) is 0.417. The number of ether oxygens (including phenoxy) is 1. The molecule has 0 spiro atoms. The van der Waals surface area contributed by atoms with E-state index in [9.17, 15) is 14.4 Å². The van der Waals surface area contributed by atoms with Crippen LogP contribution in [0.1, 0.15) is 69.3 Å². The standard InChI is InChI=1S/C29H40ClN3O4/c1-17(2)13-23(31-28(36)37-29(6,7)8)27(35)33(9)25(21-15-18(3)14-19(4)16-21)26(34)32-24-20(5)11-10-12-22(24)30/h10-12,14-17,23,25H,13H2,1-9H3,(H,31,36)(H,32,34). The largest absolute Gasteiger partial charge is 0.444 e. The number of hydrogen-bond acceptors (Lipinski definition) is 4. The maximum absolute atomic E-state index is 13.8. The van der Waals surface area contributed by atoms with Crippen LogP contribution in [0.2, 0.25) is 5.02 Å². The van der Waals surface area contributed by atoms with E-state index in [2.05, 4.69) is 10.6 Å². The highest BCUT2D eigenvalue weighted by Gasteiger charge is 2.35. The summed E-state index contributed by atoms with van der Waals surface area (Å²) < 4.78 is 5.39. The van der Waals surface area contributed by atoms with Crippen LogP contribution < -0.4 is 10.6 Å². The maximum Gasteiger partial charge on any atom is 0.408 e. The van der Waals surface area contributed by atoms with E-state index in [0.717, 1.165) is 16.7 Å². The van der Waals surface area contributed by atoms with Gasteiger partial charge in [-0.15, -0.1) is 0 Å². The lowest BCUT2D eigenvalue weighted by Crippen LogP contribution is -2.51. The average Bonchev–Trinajstić information content (AvgIpc) is 2.73. The van der Waals surface area contributed by atoms with Crippen LogP contribution in [0.25, 0.3) is 0 Å². The van der Waals surface area contributed by atoms with Gasteiger partial charge in [0.15, 0.2) is 0 Å². The predicted molar refractivity (Wildman–Crippen MR) is 149 cm³/mol. The van der Waals surface area contributed by atoms with E-state index in [1.165, 1.54) is 4.90 Å². The Bertz CT molecular complexity index is 1100. The minimum Gasteiger partial charge on any atom is -0.444 e. The van der Waals surface area contributed by atoms with E-state index in [-0.39, 0.29) is 5.92 Å². The summed E-state index contributed by atoms with van der Waals surface area (Å²) >= 11 is 6.38. The van der Waals surface area contributed by atoms with Gasteiger partial charge in [0.1, 0.15) is 17.7 Å². The van der Waals surface area contributed by atoms with Crippen molar-refractivity contribution in [2.45, 2.75) is 79.5 Å². The van der Waals surface area contributed by atoms with Gasteiger partial charge in [0.2, 0.25) is 5.91 Å². The highest BCUT2D eigenvalue weighted by Crippen LogP contribution is 2.30. The van der Waals surface area contributed by atoms with Gasteiger partial charge in [0, 0.05) is 7.05 Å². The number of halogens is 1. The van der Waals surface area contributed by atoms with E-state index < -0.39 is 35.6 Å². The molecule has 2 atom stereocenters. The van der Waals surface area contributed by atoms with E-state index in [1.807, 2.05) is 65.0 Å². The SMILES string of the molecule is Cc1cc(C)cc(C(C(=O)Nc2c(C)cccc2Cl)N(C)C(=O)C(CC(C)C)NC(=O)OC(C)(C)C)c1. The number of anilines is 1. The minimum atomic E-state index is -0.961. The predicted octanol–water partition coefficient (Wildman–Crippen LogP) is 6.34. The van der Waals surface area contributed by atoms with E-state index in [4.69, 9.17) is 16.3 Å². The summed E-state index contributed by atoms with van der Waals surface area (Å²) in [6.07, 6.45) is -0.299. The molecule has 2 aromatic rings. The molecule has 2 unspecified atom stereocenters. The number of hydrogen-bond donors (Lipinski definition) is 2. The molecule has 0 aliphatic rings. The van der Waals surface area contributed by atoms with Crippen molar-refractivity contribution in [2.24, 2.45) is 5.92 Å². The number of aryl methyl sites for hydroxylation is 3. The molecule has 0 aliphatic heterocycles. The number of carbonyl (C=O) groups is 3. The number of benzene rings is 2. The van der Waals surface area contributed by atoms with Crippen molar-refractivity contribution < 1.29 is 19.1 Å². The Balaban J connectivity index is 2.48. The summed E-state index contributed by atoms with van der Waals surface area (Å²) in [6.45, 7) is 14.9. The molecule has 2 N–H and O–H groups in total. The van der Waals surface area contributed by atoms with Crippen LogP contribution in [-0.2, 0) is 14.3 Å². The van der Waals surface area contributed by atoms with Crippen LogP contribution in [0, 0.1) is 26.7 Å². The van der Waals surface area contributed by atoms with E-state index in [0.29, 0.717) is 22.7 Å². The van der Waals surface area contributed by atoms with Crippen molar-refractivity contribution in [3.8, 4) is 0 Å². The van der Waals surface area contributed by atoms with Crippen molar-refractivity contribution in [1.29, 1.82) is 0 Å².